The van der Waals surface area contributed by atoms with Crippen LogP contribution < -0.4 is 10.2 Å². The molecule has 0 unspecified atom stereocenters. The molecule has 1 aromatic heterocycles. The molecule has 4 nitrogen and oxygen atoms in total. The van der Waals surface area contributed by atoms with E-state index in [9.17, 15) is 0 Å². The zero-order valence-corrected chi connectivity index (χ0v) is 14.5. The highest BCUT2D eigenvalue weighted by atomic mass is 32.1. The largest absolute Gasteiger partial charge is 0.347 e. The second kappa shape index (κ2) is 9.32. The van der Waals surface area contributed by atoms with E-state index in [4.69, 9.17) is 0 Å². The lowest BCUT2D eigenvalue weighted by Crippen LogP contribution is -2.32. The molecular weight excluding hydrogens is 268 g/mol. The summed E-state index contributed by atoms with van der Waals surface area (Å²) < 4.78 is 0. The van der Waals surface area contributed by atoms with Crippen molar-refractivity contribution >= 4 is 16.5 Å². The van der Waals surface area contributed by atoms with Crippen LogP contribution in [0.3, 0.4) is 0 Å². The third-order valence-electron chi connectivity index (χ3n) is 2.97. The summed E-state index contributed by atoms with van der Waals surface area (Å²) in [4.78, 5) is 10.5. The van der Waals surface area contributed by atoms with Crippen LogP contribution in [-0.4, -0.2) is 50.2 Å². The predicted octanol–water partition coefficient (Wildman–Crippen LogP) is 2.67. The van der Waals surface area contributed by atoms with E-state index in [1.807, 2.05) is 17.5 Å². The first kappa shape index (κ1) is 17.4. The Morgan fingerprint density at radius 1 is 1.25 bits per heavy atom. The van der Waals surface area contributed by atoms with Crippen LogP contribution in [0.25, 0.3) is 0 Å². The minimum atomic E-state index is 0.694. The number of rotatable bonds is 10. The Balaban J connectivity index is 2.52. The summed E-state index contributed by atoms with van der Waals surface area (Å²) in [6.45, 7) is 11.9. The van der Waals surface area contributed by atoms with Gasteiger partial charge in [0.15, 0.2) is 5.13 Å². The van der Waals surface area contributed by atoms with Gasteiger partial charge in [0.2, 0.25) is 0 Å². The molecule has 1 rings (SSSR count). The molecular formula is C15H30N4S. The van der Waals surface area contributed by atoms with Crippen LogP contribution in [-0.2, 0) is 6.54 Å². The van der Waals surface area contributed by atoms with E-state index in [0.29, 0.717) is 5.92 Å². The molecule has 0 radical (unpaired) electrons. The van der Waals surface area contributed by atoms with Crippen LogP contribution in [0.4, 0.5) is 5.13 Å². The number of thiazole rings is 1. The summed E-state index contributed by atoms with van der Waals surface area (Å²) in [6.07, 6.45) is 3.18. The fourth-order valence-corrected chi connectivity index (χ4v) is 2.83. The SMILES string of the molecule is CCCN(CCN(C)C)c1ncc(CNCC(C)C)s1. The molecule has 0 saturated heterocycles. The normalized spacial score (nSPS) is 11.6. The topological polar surface area (TPSA) is 31.4 Å². The number of hydrogen-bond acceptors (Lipinski definition) is 5. The molecule has 20 heavy (non-hydrogen) atoms. The van der Waals surface area contributed by atoms with Gasteiger partial charge in [-0.1, -0.05) is 20.8 Å². The van der Waals surface area contributed by atoms with Gasteiger partial charge in [-0.15, -0.1) is 11.3 Å². The van der Waals surface area contributed by atoms with Crippen LogP contribution in [0.5, 0.6) is 0 Å². The number of nitrogens with one attached hydrogen (secondary N) is 1. The summed E-state index contributed by atoms with van der Waals surface area (Å²) in [7, 11) is 4.24. The maximum Gasteiger partial charge on any atom is 0.185 e. The quantitative estimate of drug-likeness (QED) is 0.719. The molecule has 0 atom stereocenters. The van der Waals surface area contributed by atoms with E-state index in [1.54, 1.807) is 0 Å². The van der Waals surface area contributed by atoms with Gasteiger partial charge in [-0.2, -0.15) is 0 Å². The van der Waals surface area contributed by atoms with E-state index in [0.717, 1.165) is 44.3 Å². The van der Waals surface area contributed by atoms with E-state index in [-0.39, 0.29) is 0 Å². The Kier molecular flexibility index (Phi) is 8.11. The van der Waals surface area contributed by atoms with Gasteiger partial charge in [0.1, 0.15) is 0 Å². The molecule has 0 amide bonds. The van der Waals surface area contributed by atoms with Crippen molar-refractivity contribution in [1.29, 1.82) is 0 Å². The van der Waals surface area contributed by atoms with Crippen LogP contribution in [0.2, 0.25) is 0 Å². The molecule has 0 fully saturated rings. The van der Waals surface area contributed by atoms with Gasteiger partial charge in [0, 0.05) is 37.3 Å². The molecule has 5 heteroatoms. The van der Waals surface area contributed by atoms with Crippen LogP contribution in [0.1, 0.15) is 32.1 Å². The number of nitrogens with zero attached hydrogens (tertiary/aromatic N) is 3. The van der Waals surface area contributed by atoms with Crippen LogP contribution in [0, 0.1) is 5.92 Å². The summed E-state index contributed by atoms with van der Waals surface area (Å²) in [5, 5.41) is 4.64. The molecule has 0 spiro atoms. The number of hydrogen-bond donors (Lipinski definition) is 1. The Hall–Kier alpha value is -0.650. The lowest BCUT2D eigenvalue weighted by Gasteiger charge is -2.23. The zero-order valence-electron chi connectivity index (χ0n) is 13.6. The highest BCUT2D eigenvalue weighted by molar-refractivity contribution is 7.15. The Morgan fingerprint density at radius 3 is 2.60 bits per heavy atom. The average Bonchev–Trinajstić information content (AvgIpc) is 2.82. The maximum atomic E-state index is 4.60. The highest BCUT2D eigenvalue weighted by Gasteiger charge is 2.10. The fraction of sp³-hybridized carbons (Fsp3) is 0.800. The van der Waals surface area contributed by atoms with Gasteiger partial charge < -0.3 is 15.1 Å². The van der Waals surface area contributed by atoms with Crippen molar-refractivity contribution < 1.29 is 0 Å². The van der Waals surface area contributed by atoms with Crippen molar-refractivity contribution in [2.24, 2.45) is 5.92 Å². The molecule has 0 saturated carbocycles. The van der Waals surface area contributed by atoms with E-state index >= 15 is 0 Å². The Morgan fingerprint density at radius 2 is 2.00 bits per heavy atom. The van der Waals surface area contributed by atoms with E-state index in [1.165, 1.54) is 4.88 Å². The zero-order chi connectivity index (χ0) is 15.0. The first-order chi connectivity index (χ1) is 9.52. The van der Waals surface area contributed by atoms with Gasteiger partial charge in [-0.25, -0.2) is 4.98 Å². The van der Waals surface area contributed by atoms with Crippen LogP contribution in [0.15, 0.2) is 6.20 Å². The van der Waals surface area contributed by atoms with Crippen molar-refractivity contribution in [3.8, 4) is 0 Å². The van der Waals surface area contributed by atoms with E-state index in [2.05, 4.69) is 55.0 Å². The monoisotopic (exact) mass is 298 g/mol. The molecule has 0 aromatic carbocycles. The summed E-state index contributed by atoms with van der Waals surface area (Å²) in [5.74, 6) is 0.694. The van der Waals surface area contributed by atoms with Gasteiger partial charge in [-0.3, -0.25) is 0 Å². The number of aromatic nitrogens is 1. The lowest BCUT2D eigenvalue weighted by atomic mass is 10.2. The number of likely N-dealkylation sites (N-methyl/N-ethyl adjacent to an activating group) is 1. The van der Waals surface area contributed by atoms with Gasteiger partial charge >= 0.3 is 0 Å². The first-order valence-electron chi connectivity index (χ1n) is 7.58. The van der Waals surface area contributed by atoms with Crippen molar-refractivity contribution in [2.45, 2.75) is 33.7 Å². The number of anilines is 1. The molecule has 0 aliphatic rings. The Labute approximate surface area is 128 Å². The maximum absolute atomic E-state index is 4.60. The van der Waals surface area contributed by atoms with E-state index < -0.39 is 0 Å². The minimum absolute atomic E-state index is 0.694. The predicted molar refractivity (Wildman–Crippen MR) is 89.7 cm³/mol. The average molecular weight is 298 g/mol. The van der Waals surface area contributed by atoms with Crippen molar-refractivity contribution in [3.63, 3.8) is 0 Å². The second-order valence-electron chi connectivity index (χ2n) is 5.92. The molecule has 0 bridgehead atoms. The summed E-state index contributed by atoms with van der Waals surface area (Å²) in [6, 6.07) is 0. The molecule has 1 N–H and O–H groups in total. The van der Waals surface area contributed by atoms with Gasteiger partial charge in [-0.05, 0) is 33.0 Å². The third-order valence-corrected chi connectivity index (χ3v) is 4.03. The molecule has 0 aliphatic carbocycles. The molecule has 0 aliphatic heterocycles. The fourth-order valence-electron chi connectivity index (χ4n) is 1.90. The molecule has 1 aromatic rings. The summed E-state index contributed by atoms with van der Waals surface area (Å²) in [5.41, 5.74) is 0. The summed E-state index contributed by atoms with van der Waals surface area (Å²) >= 11 is 1.82. The van der Waals surface area contributed by atoms with Gasteiger partial charge in [0.25, 0.3) is 0 Å². The Bertz CT molecular complexity index is 363. The lowest BCUT2D eigenvalue weighted by molar-refractivity contribution is 0.413. The molecule has 116 valence electrons. The first-order valence-corrected chi connectivity index (χ1v) is 8.39. The second-order valence-corrected chi connectivity index (χ2v) is 7.02. The molecule has 1 heterocycles. The highest BCUT2D eigenvalue weighted by Crippen LogP contribution is 2.22. The van der Waals surface area contributed by atoms with Crippen LogP contribution >= 0.6 is 11.3 Å². The smallest absolute Gasteiger partial charge is 0.185 e. The van der Waals surface area contributed by atoms with Crippen molar-refractivity contribution in [2.75, 3.05) is 45.2 Å². The van der Waals surface area contributed by atoms with Crippen molar-refractivity contribution in [3.05, 3.63) is 11.1 Å². The van der Waals surface area contributed by atoms with Gasteiger partial charge in [0.05, 0.1) is 0 Å². The minimum Gasteiger partial charge on any atom is -0.347 e. The van der Waals surface area contributed by atoms with Crippen molar-refractivity contribution in [1.82, 2.24) is 15.2 Å². The standard InChI is InChI=1S/C15H30N4S/c1-6-7-19(9-8-18(4)5)15-17-12-14(20-15)11-16-10-13(2)3/h12-13,16H,6-11H2,1-5H3. The third kappa shape index (κ3) is 6.68.